The third kappa shape index (κ3) is 3.60. The first-order chi connectivity index (χ1) is 15.0. The second kappa shape index (κ2) is 8.03. The van der Waals surface area contributed by atoms with Gasteiger partial charge in [-0.2, -0.15) is 0 Å². The van der Waals surface area contributed by atoms with Crippen LogP contribution in [-0.4, -0.2) is 69.1 Å². The van der Waals surface area contributed by atoms with E-state index in [2.05, 4.69) is 0 Å². The van der Waals surface area contributed by atoms with Crippen molar-refractivity contribution in [3.05, 3.63) is 29.3 Å². The van der Waals surface area contributed by atoms with E-state index in [0.29, 0.717) is 13.1 Å². The van der Waals surface area contributed by atoms with Crippen LogP contribution in [0.4, 0.5) is 4.79 Å². The molecule has 162 valence electrons. The summed E-state index contributed by atoms with van der Waals surface area (Å²) < 4.78 is 1.12. The molecule has 1 aromatic heterocycles. The number of amides is 5. The Hall–Kier alpha value is -2.81. The molecule has 0 bridgehead atoms. The molecular weight excluding hydrogens is 416 g/mol. The molecule has 31 heavy (non-hydrogen) atoms. The van der Waals surface area contributed by atoms with E-state index < -0.39 is 17.8 Å². The number of urea groups is 1. The molecule has 2 saturated heterocycles. The van der Waals surface area contributed by atoms with E-state index in [0.717, 1.165) is 63.5 Å². The smallest absolute Gasteiger partial charge is 0.334 e. The molecule has 0 radical (unpaired) electrons. The van der Waals surface area contributed by atoms with Crippen LogP contribution < -0.4 is 0 Å². The summed E-state index contributed by atoms with van der Waals surface area (Å²) in [6.45, 7) is 0.713. The normalized spacial score (nSPS) is 22.9. The largest absolute Gasteiger partial charge is 0.340 e. The standard InChI is InChI=1S/C22H24N4O4S/c27-18(13-25-20(28)21(29)26(22(25)30)15-7-1-2-8-15)24-11-5-6-14(12-24)19-23-16-9-3-4-10-17(16)31-19/h3-4,9-10,14-15H,1-2,5-8,11-13H2. The van der Waals surface area contributed by atoms with Crippen molar-refractivity contribution in [2.24, 2.45) is 0 Å². The highest BCUT2D eigenvalue weighted by Crippen LogP contribution is 2.33. The van der Waals surface area contributed by atoms with Crippen molar-refractivity contribution in [2.75, 3.05) is 19.6 Å². The van der Waals surface area contributed by atoms with Gasteiger partial charge in [0.1, 0.15) is 6.54 Å². The summed E-state index contributed by atoms with van der Waals surface area (Å²) in [5.41, 5.74) is 0.963. The van der Waals surface area contributed by atoms with Gasteiger partial charge in [0.2, 0.25) is 5.91 Å². The first-order valence-corrected chi connectivity index (χ1v) is 11.7. The van der Waals surface area contributed by atoms with Crippen LogP contribution >= 0.6 is 11.3 Å². The average Bonchev–Trinajstić information content (AvgIpc) is 3.50. The number of imide groups is 2. The Morgan fingerprint density at radius 3 is 2.58 bits per heavy atom. The zero-order chi connectivity index (χ0) is 21.5. The summed E-state index contributed by atoms with van der Waals surface area (Å²) in [6, 6.07) is 7.11. The van der Waals surface area contributed by atoms with Crippen molar-refractivity contribution in [3.63, 3.8) is 0 Å². The molecule has 2 aliphatic heterocycles. The fourth-order valence-corrected chi connectivity index (χ4v) is 5.94. The molecule has 1 aromatic carbocycles. The molecule has 5 rings (SSSR count). The summed E-state index contributed by atoms with van der Waals surface area (Å²) in [5, 5.41) is 1.01. The van der Waals surface area contributed by atoms with E-state index in [9.17, 15) is 19.2 Å². The Balaban J connectivity index is 1.27. The van der Waals surface area contributed by atoms with Gasteiger partial charge in [-0.05, 0) is 37.8 Å². The number of likely N-dealkylation sites (tertiary alicyclic amines) is 1. The van der Waals surface area contributed by atoms with E-state index >= 15 is 0 Å². The number of hydrogen-bond acceptors (Lipinski definition) is 6. The van der Waals surface area contributed by atoms with Crippen LogP contribution in [0.5, 0.6) is 0 Å². The highest BCUT2D eigenvalue weighted by molar-refractivity contribution is 7.18. The molecule has 3 heterocycles. The van der Waals surface area contributed by atoms with Crippen molar-refractivity contribution < 1.29 is 19.2 Å². The topological polar surface area (TPSA) is 90.9 Å². The molecule has 8 nitrogen and oxygen atoms in total. The van der Waals surface area contributed by atoms with Crippen molar-refractivity contribution >= 4 is 45.3 Å². The molecule has 3 fully saturated rings. The molecule has 1 saturated carbocycles. The summed E-state index contributed by atoms with van der Waals surface area (Å²) >= 11 is 1.65. The van der Waals surface area contributed by atoms with E-state index in [1.807, 2.05) is 24.3 Å². The van der Waals surface area contributed by atoms with Crippen LogP contribution in [0.25, 0.3) is 10.2 Å². The number of piperidine rings is 1. The van der Waals surface area contributed by atoms with Gasteiger partial charge in [0.25, 0.3) is 0 Å². The molecule has 0 spiro atoms. The van der Waals surface area contributed by atoms with Crippen molar-refractivity contribution in [1.82, 2.24) is 19.7 Å². The number of rotatable bonds is 4. The highest BCUT2D eigenvalue weighted by atomic mass is 32.1. The number of benzene rings is 1. The van der Waals surface area contributed by atoms with Gasteiger partial charge in [-0.15, -0.1) is 11.3 Å². The van der Waals surface area contributed by atoms with Crippen LogP contribution in [-0.2, 0) is 14.4 Å². The Morgan fingerprint density at radius 2 is 1.81 bits per heavy atom. The van der Waals surface area contributed by atoms with Crippen LogP contribution in [0.15, 0.2) is 24.3 Å². The van der Waals surface area contributed by atoms with Crippen LogP contribution in [0, 0.1) is 0 Å². The predicted octanol–water partition coefficient (Wildman–Crippen LogP) is 2.74. The van der Waals surface area contributed by atoms with Gasteiger partial charge in [-0.1, -0.05) is 25.0 Å². The van der Waals surface area contributed by atoms with Crippen molar-refractivity contribution in [2.45, 2.75) is 50.5 Å². The number of hydrogen-bond donors (Lipinski definition) is 0. The van der Waals surface area contributed by atoms with Crippen LogP contribution in [0.3, 0.4) is 0 Å². The first-order valence-electron chi connectivity index (χ1n) is 10.8. The lowest BCUT2D eigenvalue weighted by Crippen LogP contribution is -2.47. The Morgan fingerprint density at radius 1 is 1.03 bits per heavy atom. The molecule has 0 N–H and O–H groups in total. The van der Waals surface area contributed by atoms with Gasteiger partial charge in [0, 0.05) is 25.0 Å². The lowest BCUT2D eigenvalue weighted by atomic mass is 9.98. The molecule has 1 aliphatic carbocycles. The molecular formula is C22H24N4O4S. The van der Waals surface area contributed by atoms with Gasteiger partial charge in [-0.3, -0.25) is 19.3 Å². The maximum Gasteiger partial charge on any atom is 0.334 e. The van der Waals surface area contributed by atoms with Crippen molar-refractivity contribution in [3.8, 4) is 0 Å². The fourth-order valence-electron chi connectivity index (χ4n) is 4.85. The summed E-state index contributed by atoms with van der Waals surface area (Å²) in [4.78, 5) is 58.8. The minimum absolute atomic E-state index is 0.136. The number of thiazole rings is 1. The predicted molar refractivity (Wildman–Crippen MR) is 114 cm³/mol. The van der Waals surface area contributed by atoms with Gasteiger partial charge in [0.05, 0.1) is 15.2 Å². The van der Waals surface area contributed by atoms with Gasteiger partial charge in [-0.25, -0.2) is 14.7 Å². The number of para-hydroxylation sites is 1. The number of fused-ring (bicyclic) bond motifs is 1. The monoisotopic (exact) mass is 440 g/mol. The minimum Gasteiger partial charge on any atom is -0.340 e. The number of carbonyl (C=O) groups is 4. The van der Waals surface area contributed by atoms with Crippen LogP contribution in [0.1, 0.15) is 49.5 Å². The maximum atomic E-state index is 13.0. The lowest BCUT2D eigenvalue weighted by molar-refractivity contribution is -0.145. The minimum atomic E-state index is -0.884. The molecule has 5 amide bonds. The lowest BCUT2D eigenvalue weighted by Gasteiger charge is -2.32. The molecule has 2 aromatic rings. The Bertz CT molecular complexity index is 1030. The van der Waals surface area contributed by atoms with E-state index in [-0.39, 0.29) is 24.4 Å². The number of aromatic nitrogens is 1. The summed E-state index contributed by atoms with van der Waals surface area (Å²) in [6.07, 6.45) is 5.11. The summed E-state index contributed by atoms with van der Waals surface area (Å²) in [7, 11) is 0. The second-order valence-corrected chi connectivity index (χ2v) is 9.55. The number of carbonyl (C=O) groups excluding carboxylic acids is 4. The number of nitrogens with zero attached hydrogens (tertiary/aromatic N) is 4. The average molecular weight is 441 g/mol. The highest BCUT2D eigenvalue weighted by Gasteiger charge is 2.49. The maximum absolute atomic E-state index is 13.0. The molecule has 3 aliphatic rings. The van der Waals surface area contributed by atoms with Gasteiger partial charge < -0.3 is 4.90 Å². The molecule has 1 unspecified atom stereocenters. The fraction of sp³-hybridized carbons (Fsp3) is 0.500. The van der Waals surface area contributed by atoms with Crippen LogP contribution in [0.2, 0.25) is 0 Å². The quantitative estimate of drug-likeness (QED) is 0.539. The molecule has 1 atom stereocenters. The zero-order valence-electron chi connectivity index (χ0n) is 17.2. The second-order valence-electron chi connectivity index (χ2n) is 8.49. The third-order valence-corrected chi connectivity index (χ3v) is 7.70. The van der Waals surface area contributed by atoms with E-state index in [1.54, 1.807) is 16.2 Å². The van der Waals surface area contributed by atoms with Gasteiger partial charge >= 0.3 is 17.8 Å². The van der Waals surface area contributed by atoms with E-state index in [4.69, 9.17) is 4.98 Å². The van der Waals surface area contributed by atoms with Gasteiger partial charge in [0.15, 0.2) is 0 Å². The first kappa shape index (κ1) is 20.1. The van der Waals surface area contributed by atoms with E-state index in [1.165, 1.54) is 0 Å². The third-order valence-electron chi connectivity index (χ3n) is 6.50. The zero-order valence-corrected chi connectivity index (χ0v) is 18.0. The van der Waals surface area contributed by atoms with Crippen molar-refractivity contribution in [1.29, 1.82) is 0 Å². The Labute approximate surface area is 183 Å². The summed E-state index contributed by atoms with van der Waals surface area (Å²) in [5.74, 6) is -1.84. The SMILES string of the molecule is O=C(CN1C(=O)C(=O)N(C2CCCC2)C1=O)N1CCCC(c2nc3ccccc3s2)C1. The Kier molecular flexibility index (Phi) is 5.21. The molecule has 9 heteroatoms.